The second kappa shape index (κ2) is 14.7. The minimum absolute atomic E-state index is 0.0414. The fourth-order valence-electron chi connectivity index (χ4n) is 4.17. The zero-order valence-electron chi connectivity index (χ0n) is 23.1. The fourth-order valence-corrected chi connectivity index (χ4v) is 4.17. The average Bonchev–Trinajstić information content (AvgIpc) is 3.71. The Hall–Kier alpha value is -3.82. The highest BCUT2D eigenvalue weighted by molar-refractivity contribution is 5.94. The van der Waals surface area contributed by atoms with Crippen LogP contribution in [0.4, 0.5) is 23.4 Å². The van der Waals surface area contributed by atoms with Gasteiger partial charge in [-0.25, -0.2) is 14.4 Å². The number of nitrogens with two attached hydrogens (primary N) is 2. The van der Waals surface area contributed by atoms with Gasteiger partial charge < -0.3 is 46.2 Å². The Kier molecular flexibility index (Phi) is 12.0. The first-order valence-electron chi connectivity index (χ1n) is 12.5. The van der Waals surface area contributed by atoms with E-state index in [0.29, 0.717) is 24.2 Å². The molecule has 0 amide bonds. The van der Waals surface area contributed by atoms with E-state index in [9.17, 15) is 22.4 Å². The maximum atomic E-state index is 13.6. The van der Waals surface area contributed by atoms with Crippen molar-refractivity contribution >= 4 is 29.4 Å². The van der Waals surface area contributed by atoms with Crippen LogP contribution in [0, 0.1) is 17.1 Å². The molecule has 0 radical (unpaired) electrons. The number of fused-ring (bicyclic) bond motifs is 2. The van der Waals surface area contributed by atoms with Gasteiger partial charge in [-0.05, 0) is 26.6 Å². The van der Waals surface area contributed by atoms with E-state index in [1.165, 1.54) is 32.3 Å². The van der Waals surface area contributed by atoms with Gasteiger partial charge in [0, 0.05) is 43.1 Å². The summed E-state index contributed by atoms with van der Waals surface area (Å²) in [7, 11) is 3.29. The summed E-state index contributed by atoms with van der Waals surface area (Å²) in [6.45, 7) is 2.76. The van der Waals surface area contributed by atoms with E-state index in [1.54, 1.807) is 13.4 Å². The van der Waals surface area contributed by atoms with Crippen LogP contribution in [0.15, 0.2) is 24.5 Å². The number of benzene rings is 1. The van der Waals surface area contributed by atoms with E-state index in [4.69, 9.17) is 25.4 Å². The van der Waals surface area contributed by atoms with Crippen molar-refractivity contribution in [3.05, 3.63) is 41.6 Å². The lowest BCUT2D eigenvalue weighted by atomic mass is 9.79. The molecule has 7 N–H and O–H groups in total. The minimum Gasteiger partial charge on any atom is -0.453 e. The van der Waals surface area contributed by atoms with E-state index >= 15 is 0 Å². The van der Waals surface area contributed by atoms with Gasteiger partial charge in [0.1, 0.15) is 23.3 Å². The number of anilines is 1. The van der Waals surface area contributed by atoms with Crippen molar-refractivity contribution in [2.75, 3.05) is 39.4 Å². The molecule has 1 aromatic carbocycles. The topological polar surface area (TPSA) is 174 Å². The molecule has 2 unspecified atom stereocenters. The van der Waals surface area contributed by atoms with Crippen LogP contribution in [0.25, 0.3) is 11.0 Å². The Morgan fingerprint density at radius 1 is 1.27 bits per heavy atom. The standard InChI is InChI=1S/C14H14F4O3.C8H9N5.C3H7NO.CH5N/c1-7-9(5-21-13(7,2)14(16,17)18)8-3-4-10(15)12-11(8)19-6-20-12;1-10-7-2-5-8(12-4-11-5)6(3-9)13-7;4-2-1-3-5;1-2/h3-4,7,9H,5-6H2,1-2H3;2-4,9H,1H3,(H,10,13)(H,11,12);3H,1-2,4H2;2H2,1H3/t7?,9?,13-;;;/m1.../s1. The maximum Gasteiger partial charge on any atom is 0.417 e. The first-order valence-corrected chi connectivity index (χ1v) is 12.5. The number of hydrogen-bond acceptors (Lipinski definition) is 10. The number of carbonyl (C=O) groups excluding carboxylic acids is 1. The number of H-pyrrole nitrogens is 1. The first kappa shape index (κ1) is 33.4. The molecule has 0 bridgehead atoms. The molecule has 2 aliphatic heterocycles. The SMILES string of the molecule is CC1C(c2ccc(F)c3c2OCO3)CO[C@@]1(C)C(F)(F)F.CN.CNc1cc2[nH]cnc2c(C=N)n1.NCCC=O. The molecule has 2 aliphatic rings. The van der Waals surface area contributed by atoms with Crippen LogP contribution in [0.1, 0.15) is 37.4 Å². The van der Waals surface area contributed by atoms with E-state index < -0.39 is 29.4 Å². The van der Waals surface area contributed by atoms with Crippen LogP contribution in [-0.2, 0) is 9.53 Å². The van der Waals surface area contributed by atoms with Crippen molar-refractivity contribution in [2.24, 2.45) is 17.4 Å². The number of imidazole rings is 1. The number of halogens is 4. The summed E-state index contributed by atoms with van der Waals surface area (Å²) in [5, 5.41) is 10.1. The molecule has 3 atom stereocenters. The number of carbonyl (C=O) groups is 1. The normalized spacial score (nSPS) is 20.5. The van der Waals surface area contributed by atoms with Gasteiger partial charge in [0.05, 0.1) is 18.5 Å². The van der Waals surface area contributed by atoms with Gasteiger partial charge in [-0.2, -0.15) is 13.2 Å². The lowest BCUT2D eigenvalue weighted by Crippen LogP contribution is -2.46. The molecular weight excluding hydrogens is 550 g/mol. The van der Waals surface area contributed by atoms with E-state index in [1.807, 2.05) is 6.07 Å². The average molecular weight is 586 g/mol. The first-order chi connectivity index (χ1) is 19.5. The van der Waals surface area contributed by atoms with Crippen molar-refractivity contribution < 1.29 is 36.6 Å². The van der Waals surface area contributed by atoms with Crippen LogP contribution in [0.2, 0.25) is 0 Å². The molecule has 0 saturated carbocycles. The van der Waals surface area contributed by atoms with Crippen LogP contribution < -0.4 is 26.3 Å². The van der Waals surface area contributed by atoms with Crippen molar-refractivity contribution in [2.45, 2.75) is 38.0 Å². The summed E-state index contributed by atoms with van der Waals surface area (Å²) in [6.07, 6.45) is -0.384. The third kappa shape index (κ3) is 7.28. The Morgan fingerprint density at radius 3 is 2.49 bits per heavy atom. The van der Waals surface area contributed by atoms with Crippen molar-refractivity contribution in [3.8, 4) is 11.5 Å². The smallest absolute Gasteiger partial charge is 0.417 e. The zero-order valence-corrected chi connectivity index (χ0v) is 23.1. The number of aromatic amines is 1. The van der Waals surface area contributed by atoms with E-state index in [2.05, 4.69) is 26.0 Å². The van der Waals surface area contributed by atoms with Gasteiger partial charge in [0.25, 0.3) is 0 Å². The second-order valence-electron chi connectivity index (χ2n) is 8.84. The predicted octanol–water partition coefficient (Wildman–Crippen LogP) is 3.73. The van der Waals surface area contributed by atoms with Crippen molar-refractivity contribution in [1.82, 2.24) is 15.0 Å². The molecule has 11 nitrogen and oxygen atoms in total. The van der Waals surface area contributed by atoms with Gasteiger partial charge in [0.2, 0.25) is 12.5 Å². The predicted molar refractivity (Wildman–Crippen MR) is 146 cm³/mol. The summed E-state index contributed by atoms with van der Waals surface area (Å²) >= 11 is 0. The maximum absolute atomic E-state index is 13.6. The number of nitrogens with one attached hydrogen (secondary N) is 3. The highest BCUT2D eigenvalue weighted by Gasteiger charge is 2.61. The summed E-state index contributed by atoms with van der Waals surface area (Å²) in [4.78, 5) is 20.5. The van der Waals surface area contributed by atoms with Crippen molar-refractivity contribution in [1.29, 1.82) is 5.41 Å². The van der Waals surface area contributed by atoms with Crippen molar-refractivity contribution in [3.63, 3.8) is 0 Å². The monoisotopic (exact) mass is 585 g/mol. The Labute approximate surface area is 234 Å². The number of aromatic nitrogens is 3. The fraction of sp³-hybridized carbons (Fsp3) is 0.462. The number of pyridine rings is 1. The number of ether oxygens (including phenoxy) is 3. The third-order valence-corrected chi connectivity index (χ3v) is 6.61. The summed E-state index contributed by atoms with van der Waals surface area (Å²) in [6, 6.07) is 4.48. The molecule has 3 aromatic rings. The number of nitrogens with zero attached hydrogens (tertiary/aromatic N) is 2. The molecule has 1 fully saturated rings. The van der Waals surface area contributed by atoms with Gasteiger partial charge in [-0.3, -0.25) is 0 Å². The zero-order chi connectivity index (χ0) is 30.8. The molecule has 0 spiro atoms. The summed E-state index contributed by atoms with van der Waals surface area (Å²) in [5.41, 5.74) is 9.86. The Morgan fingerprint density at radius 2 is 1.95 bits per heavy atom. The second-order valence-corrected chi connectivity index (χ2v) is 8.84. The van der Waals surface area contributed by atoms with Gasteiger partial charge >= 0.3 is 6.18 Å². The molecule has 226 valence electrons. The summed E-state index contributed by atoms with van der Waals surface area (Å²) in [5.74, 6) is -1.07. The molecular formula is C26H35F4N7O4. The molecule has 2 aromatic heterocycles. The quantitative estimate of drug-likeness (QED) is 0.170. The van der Waals surface area contributed by atoms with Crippen LogP contribution >= 0.6 is 0 Å². The highest BCUT2D eigenvalue weighted by Crippen LogP contribution is 2.53. The molecule has 15 heteroatoms. The highest BCUT2D eigenvalue weighted by atomic mass is 19.4. The van der Waals surface area contributed by atoms with Gasteiger partial charge in [-0.1, -0.05) is 13.0 Å². The third-order valence-electron chi connectivity index (χ3n) is 6.61. The molecule has 4 heterocycles. The van der Waals surface area contributed by atoms with Gasteiger partial charge in [-0.15, -0.1) is 0 Å². The van der Waals surface area contributed by atoms with Crippen LogP contribution in [0.5, 0.6) is 11.5 Å². The molecule has 5 rings (SSSR count). The lowest BCUT2D eigenvalue weighted by molar-refractivity contribution is -0.266. The minimum atomic E-state index is -4.47. The Balaban J connectivity index is 0.000000250. The number of rotatable bonds is 5. The van der Waals surface area contributed by atoms with E-state index in [-0.39, 0.29) is 24.9 Å². The van der Waals surface area contributed by atoms with Crippen LogP contribution in [0.3, 0.4) is 0 Å². The number of alkyl halides is 3. The largest absolute Gasteiger partial charge is 0.453 e. The van der Waals surface area contributed by atoms with Gasteiger partial charge in [0.15, 0.2) is 17.2 Å². The number of hydrogen-bond donors (Lipinski definition) is 5. The molecule has 0 aliphatic carbocycles. The molecule has 41 heavy (non-hydrogen) atoms. The van der Waals surface area contributed by atoms with E-state index in [0.717, 1.165) is 30.1 Å². The molecule has 1 saturated heterocycles. The number of aldehydes is 1. The Bertz CT molecular complexity index is 1300. The lowest BCUT2D eigenvalue weighted by Gasteiger charge is -2.32. The summed E-state index contributed by atoms with van der Waals surface area (Å²) < 4.78 is 68.4. The van der Waals surface area contributed by atoms with Crippen LogP contribution in [-0.4, -0.2) is 73.3 Å².